The van der Waals surface area contributed by atoms with E-state index >= 15 is 0 Å². The Bertz CT molecular complexity index is 378. The molecule has 2 amide bonds. The summed E-state index contributed by atoms with van der Waals surface area (Å²) in [7, 11) is 3.00. The first-order chi connectivity index (χ1) is 8.47. The van der Waals surface area contributed by atoms with E-state index in [1.807, 2.05) is 6.08 Å². The first kappa shape index (κ1) is 14.2. The van der Waals surface area contributed by atoms with Crippen molar-refractivity contribution in [2.45, 2.75) is 12.8 Å². The van der Waals surface area contributed by atoms with Gasteiger partial charge in [0, 0.05) is 14.1 Å². The molecule has 0 fully saturated rings. The zero-order valence-corrected chi connectivity index (χ0v) is 10.5. The summed E-state index contributed by atoms with van der Waals surface area (Å²) < 4.78 is 0. The van der Waals surface area contributed by atoms with E-state index in [4.69, 9.17) is 5.11 Å². The number of carboxylic acids is 1. The Kier molecular flexibility index (Phi) is 4.88. The maximum absolute atomic E-state index is 12.1. The second-order valence-corrected chi connectivity index (χ2v) is 4.36. The summed E-state index contributed by atoms with van der Waals surface area (Å²) >= 11 is 0. The molecule has 0 spiro atoms. The number of rotatable bonds is 4. The quantitative estimate of drug-likeness (QED) is 0.683. The molecule has 0 heterocycles. The Morgan fingerprint density at radius 2 is 1.83 bits per heavy atom. The first-order valence-electron chi connectivity index (χ1n) is 5.80. The third kappa shape index (κ3) is 3.32. The third-order valence-corrected chi connectivity index (χ3v) is 3.10. The van der Waals surface area contributed by atoms with E-state index in [1.54, 1.807) is 6.08 Å². The zero-order chi connectivity index (χ0) is 13.7. The topological polar surface area (TPSA) is 86.7 Å². The molecule has 6 nitrogen and oxygen atoms in total. The van der Waals surface area contributed by atoms with Crippen LogP contribution in [-0.2, 0) is 14.4 Å². The second-order valence-electron chi connectivity index (χ2n) is 4.36. The molecular formula is C12H18N2O4. The predicted octanol–water partition coefficient (Wildman–Crippen LogP) is -0.142. The van der Waals surface area contributed by atoms with Crippen LogP contribution in [0.15, 0.2) is 12.2 Å². The molecule has 0 aromatic rings. The molecule has 0 aromatic heterocycles. The summed E-state index contributed by atoms with van der Waals surface area (Å²) in [6.07, 6.45) is 4.37. The van der Waals surface area contributed by atoms with Gasteiger partial charge >= 0.3 is 5.97 Å². The number of amides is 2. The molecule has 100 valence electrons. The van der Waals surface area contributed by atoms with Crippen LogP contribution in [0, 0.1) is 11.8 Å². The van der Waals surface area contributed by atoms with Crippen molar-refractivity contribution < 1.29 is 19.5 Å². The van der Waals surface area contributed by atoms with E-state index in [-0.39, 0.29) is 18.4 Å². The standard InChI is InChI=1S/C12H18N2O4/c1-13-10(15)7-14(2)11(16)8-5-3-4-6-9(8)12(17)18/h3-4,8-9H,5-7H2,1-2H3,(H,13,15)(H,17,18)/t8-,9+/m1/s1. The maximum atomic E-state index is 12.1. The van der Waals surface area contributed by atoms with Crippen LogP contribution in [-0.4, -0.2) is 48.4 Å². The van der Waals surface area contributed by atoms with E-state index < -0.39 is 17.8 Å². The summed E-state index contributed by atoms with van der Waals surface area (Å²) in [5.41, 5.74) is 0. The monoisotopic (exact) mass is 254 g/mol. The van der Waals surface area contributed by atoms with Crippen molar-refractivity contribution in [2.24, 2.45) is 11.8 Å². The fourth-order valence-corrected chi connectivity index (χ4v) is 2.02. The van der Waals surface area contributed by atoms with Crippen molar-refractivity contribution >= 4 is 17.8 Å². The van der Waals surface area contributed by atoms with Gasteiger partial charge in [0.05, 0.1) is 18.4 Å². The number of carbonyl (C=O) groups is 3. The normalized spacial score (nSPS) is 22.3. The minimum atomic E-state index is -0.967. The van der Waals surface area contributed by atoms with E-state index in [9.17, 15) is 14.4 Å². The van der Waals surface area contributed by atoms with Crippen molar-refractivity contribution in [2.75, 3.05) is 20.6 Å². The number of hydrogen-bond acceptors (Lipinski definition) is 3. The molecule has 1 aliphatic rings. The fraction of sp³-hybridized carbons (Fsp3) is 0.583. The molecule has 1 aliphatic carbocycles. The van der Waals surface area contributed by atoms with Crippen LogP contribution < -0.4 is 5.32 Å². The molecule has 6 heteroatoms. The molecule has 0 radical (unpaired) electrons. The van der Waals surface area contributed by atoms with E-state index in [0.29, 0.717) is 12.8 Å². The Balaban J connectivity index is 2.72. The summed E-state index contributed by atoms with van der Waals surface area (Å²) in [5.74, 6) is -2.82. The highest BCUT2D eigenvalue weighted by Crippen LogP contribution is 2.27. The summed E-state index contributed by atoms with van der Waals surface area (Å²) in [6, 6.07) is 0. The average Bonchev–Trinajstić information content (AvgIpc) is 2.37. The molecule has 0 bridgehead atoms. The molecule has 0 unspecified atom stereocenters. The predicted molar refractivity (Wildman–Crippen MR) is 64.7 cm³/mol. The van der Waals surface area contributed by atoms with Gasteiger partial charge in [-0.15, -0.1) is 0 Å². The highest BCUT2D eigenvalue weighted by Gasteiger charge is 2.35. The first-order valence-corrected chi connectivity index (χ1v) is 5.80. The molecule has 2 N–H and O–H groups in total. The molecule has 1 rings (SSSR count). The lowest BCUT2D eigenvalue weighted by molar-refractivity contribution is -0.150. The number of allylic oxidation sites excluding steroid dienone is 2. The Hall–Kier alpha value is -1.85. The van der Waals surface area contributed by atoms with Crippen molar-refractivity contribution in [3.63, 3.8) is 0 Å². The SMILES string of the molecule is CNC(=O)CN(C)C(=O)[C@@H]1CC=CC[C@@H]1C(=O)O. The number of likely N-dealkylation sites (N-methyl/N-ethyl adjacent to an activating group) is 2. The minimum absolute atomic E-state index is 0.0537. The zero-order valence-electron chi connectivity index (χ0n) is 10.5. The van der Waals surface area contributed by atoms with Crippen LogP contribution in [0.2, 0.25) is 0 Å². The molecule has 2 atom stereocenters. The maximum Gasteiger partial charge on any atom is 0.307 e. The highest BCUT2D eigenvalue weighted by molar-refractivity contribution is 5.88. The Labute approximate surface area is 106 Å². The number of nitrogens with zero attached hydrogens (tertiary/aromatic N) is 1. The summed E-state index contributed by atoms with van der Waals surface area (Å²) in [4.78, 5) is 35.7. The largest absolute Gasteiger partial charge is 0.481 e. The molecule has 0 saturated heterocycles. The average molecular weight is 254 g/mol. The van der Waals surface area contributed by atoms with Gasteiger partial charge in [0.1, 0.15) is 0 Å². The van der Waals surface area contributed by atoms with Crippen LogP contribution in [0.5, 0.6) is 0 Å². The van der Waals surface area contributed by atoms with Gasteiger partial charge in [0.25, 0.3) is 0 Å². The van der Waals surface area contributed by atoms with Crippen LogP contribution in [0.4, 0.5) is 0 Å². The summed E-state index contributed by atoms with van der Waals surface area (Å²) in [6.45, 7) is -0.0537. The van der Waals surface area contributed by atoms with Crippen LogP contribution in [0.3, 0.4) is 0 Å². The Morgan fingerprint density at radius 3 is 2.33 bits per heavy atom. The lowest BCUT2D eigenvalue weighted by Gasteiger charge is -2.28. The van der Waals surface area contributed by atoms with Gasteiger partial charge in [-0.05, 0) is 12.8 Å². The van der Waals surface area contributed by atoms with Gasteiger partial charge < -0.3 is 15.3 Å². The molecule has 18 heavy (non-hydrogen) atoms. The van der Waals surface area contributed by atoms with E-state index in [0.717, 1.165) is 0 Å². The lowest BCUT2D eigenvalue weighted by atomic mass is 9.82. The summed E-state index contributed by atoms with van der Waals surface area (Å²) in [5, 5.41) is 11.5. The lowest BCUT2D eigenvalue weighted by Crippen LogP contribution is -2.43. The van der Waals surface area contributed by atoms with Gasteiger partial charge in [-0.2, -0.15) is 0 Å². The number of aliphatic carboxylic acids is 1. The number of hydrogen-bond donors (Lipinski definition) is 2. The fourth-order valence-electron chi connectivity index (χ4n) is 2.02. The molecule has 0 aromatic carbocycles. The molecular weight excluding hydrogens is 236 g/mol. The van der Waals surface area contributed by atoms with Crippen molar-refractivity contribution in [3.05, 3.63) is 12.2 Å². The minimum Gasteiger partial charge on any atom is -0.481 e. The Morgan fingerprint density at radius 1 is 1.28 bits per heavy atom. The number of carbonyl (C=O) groups excluding carboxylic acids is 2. The third-order valence-electron chi connectivity index (χ3n) is 3.10. The van der Waals surface area contributed by atoms with Gasteiger partial charge in [-0.25, -0.2) is 0 Å². The van der Waals surface area contributed by atoms with Gasteiger partial charge in [-0.3, -0.25) is 14.4 Å². The van der Waals surface area contributed by atoms with Crippen molar-refractivity contribution in [3.8, 4) is 0 Å². The number of nitrogens with one attached hydrogen (secondary N) is 1. The van der Waals surface area contributed by atoms with E-state index in [2.05, 4.69) is 5.32 Å². The molecule has 0 aliphatic heterocycles. The van der Waals surface area contributed by atoms with Crippen LogP contribution in [0.1, 0.15) is 12.8 Å². The van der Waals surface area contributed by atoms with E-state index in [1.165, 1.54) is 19.0 Å². The van der Waals surface area contributed by atoms with Crippen LogP contribution >= 0.6 is 0 Å². The number of carboxylic acid groups (broad SMARTS) is 1. The smallest absolute Gasteiger partial charge is 0.307 e. The van der Waals surface area contributed by atoms with Crippen molar-refractivity contribution in [1.29, 1.82) is 0 Å². The second kappa shape index (κ2) is 6.18. The van der Waals surface area contributed by atoms with Crippen molar-refractivity contribution in [1.82, 2.24) is 10.2 Å². The van der Waals surface area contributed by atoms with Gasteiger partial charge in [0.15, 0.2) is 0 Å². The van der Waals surface area contributed by atoms with Gasteiger partial charge in [-0.1, -0.05) is 12.2 Å². The van der Waals surface area contributed by atoms with Crippen LogP contribution in [0.25, 0.3) is 0 Å². The van der Waals surface area contributed by atoms with Gasteiger partial charge in [0.2, 0.25) is 11.8 Å². The highest BCUT2D eigenvalue weighted by atomic mass is 16.4. The molecule has 0 saturated carbocycles.